The van der Waals surface area contributed by atoms with E-state index in [2.05, 4.69) is 0 Å². The molecular weight excluding hydrogens is 351 g/mol. The molecule has 0 radical (unpaired) electrons. The average Bonchev–Trinajstić information content (AvgIpc) is 3.26. The number of carbonyl (C=O) groups is 2. The van der Waals surface area contributed by atoms with E-state index in [0.29, 0.717) is 5.69 Å². The van der Waals surface area contributed by atoms with Gasteiger partial charge in [0.05, 0.1) is 10.9 Å². The van der Waals surface area contributed by atoms with Crippen LogP contribution in [-0.4, -0.2) is 21.6 Å². The van der Waals surface area contributed by atoms with Gasteiger partial charge in [0.15, 0.2) is 0 Å². The molecule has 130 valence electrons. The molecule has 1 atom stereocenters. The number of hydrogen-bond donors (Lipinski definition) is 0. The molecule has 1 aromatic heterocycles. The van der Waals surface area contributed by atoms with Gasteiger partial charge in [0.1, 0.15) is 5.82 Å². The van der Waals surface area contributed by atoms with E-state index in [1.54, 1.807) is 0 Å². The topological polar surface area (TPSA) is 42.3 Å². The molecule has 1 unspecified atom stereocenters. The molecule has 4 rings (SSSR count). The van der Waals surface area contributed by atoms with Gasteiger partial charge >= 0.3 is 0 Å². The van der Waals surface area contributed by atoms with Crippen LogP contribution in [-0.2, 0) is 9.59 Å². The van der Waals surface area contributed by atoms with Crippen LogP contribution < -0.4 is 4.90 Å². The van der Waals surface area contributed by atoms with E-state index in [1.807, 2.05) is 53.4 Å². The Balaban J connectivity index is 1.49. The fourth-order valence-electron chi connectivity index (χ4n) is 2.93. The Hall–Kier alpha value is -2.86. The van der Waals surface area contributed by atoms with Crippen molar-refractivity contribution in [2.45, 2.75) is 16.6 Å². The maximum Gasteiger partial charge on any atom is 0.247 e. The van der Waals surface area contributed by atoms with E-state index < -0.39 is 11.1 Å². The third kappa shape index (κ3) is 3.15. The third-order valence-corrected chi connectivity index (χ3v) is 5.40. The first kappa shape index (κ1) is 16.6. The molecular formula is C20H15FN2O2S. The van der Waals surface area contributed by atoms with Crippen LogP contribution in [0.15, 0.2) is 78.0 Å². The molecule has 2 heterocycles. The standard InChI is InChI=1S/C20H15FN2O2S/c21-14-3-5-16(6-4-14)23-19(24)13-18(20(23)25)26-17-9-7-15(8-10-17)22-11-1-2-12-22/h1-12,18H,13H2. The molecule has 6 heteroatoms. The van der Waals surface area contributed by atoms with Gasteiger partial charge in [-0.1, -0.05) is 0 Å². The SMILES string of the molecule is O=C1CC(Sc2ccc(-n3cccc3)cc2)C(=O)N1c1ccc(F)cc1. The summed E-state index contributed by atoms with van der Waals surface area (Å²) in [6, 6.07) is 17.1. The molecule has 1 aliphatic heterocycles. The molecule has 0 bridgehead atoms. The number of rotatable bonds is 4. The molecule has 3 aromatic rings. The highest BCUT2D eigenvalue weighted by atomic mass is 32.2. The second kappa shape index (κ2) is 6.80. The summed E-state index contributed by atoms with van der Waals surface area (Å²) in [5.41, 5.74) is 1.44. The highest BCUT2D eigenvalue weighted by Crippen LogP contribution is 2.34. The van der Waals surface area contributed by atoms with Gasteiger partial charge < -0.3 is 4.57 Å². The number of nitrogens with zero attached hydrogens (tertiary/aromatic N) is 2. The summed E-state index contributed by atoms with van der Waals surface area (Å²) in [6.45, 7) is 0. The normalized spacial score (nSPS) is 17.1. The predicted octanol–water partition coefficient (Wildman–Crippen LogP) is 4.04. The van der Waals surface area contributed by atoms with Gasteiger partial charge in [-0.2, -0.15) is 0 Å². The molecule has 0 spiro atoms. The Bertz CT molecular complexity index is 937. The summed E-state index contributed by atoms with van der Waals surface area (Å²) in [5.74, 6) is -0.925. The highest BCUT2D eigenvalue weighted by Gasteiger charge is 2.40. The van der Waals surface area contributed by atoms with Crippen molar-refractivity contribution in [3.63, 3.8) is 0 Å². The van der Waals surface area contributed by atoms with Crippen molar-refractivity contribution in [2.24, 2.45) is 0 Å². The quantitative estimate of drug-likeness (QED) is 0.655. The molecule has 2 aromatic carbocycles. The summed E-state index contributed by atoms with van der Waals surface area (Å²) in [5, 5.41) is -0.468. The molecule has 0 saturated carbocycles. The highest BCUT2D eigenvalue weighted by molar-refractivity contribution is 8.00. The van der Waals surface area contributed by atoms with Gasteiger partial charge in [-0.05, 0) is 60.7 Å². The largest absolute Gasteiger partial charge is 0.324 e. The average molecular weight is 366 g/mol. The van der Waals surface area contributed by atoms with Crippen LogP contribution in [0.25, 0.3) is 5.69 Å². The monoisotopic (exact) mass is 366 g/mol. The minimum atomic E-state index is -0.468. The second-order valence-corrected chi connectivity index (χ2v) is 7.21. The van der Waals surface area contributed by atoms with Crippen molar-refractivity contribution < 1.29 is 14.0 Å². The van der Waals surface area contributed by atoms with Crippen molar-refractivity contribution in [2.75, 3.05) is 4.90 Å². The number of carbonyl (C=O) groups excluding carboxylic acids is 2. The predicted molar refractivity (Wildman–Crippen MR) is 98.9 cm³/mol. The fourth-order valence-corrected chi connectivity index (χ4v) is 3.98. The van der Waals surface area contributed by atoms with Crippen molar-refractivity contribution in [1.82, 2.24) is 4.57 Å². The Morgan fingerprint density at radius 3 is 2.15 bits per heavy atom. The third-order valence-electron chi connectivity index (χ3n) is 4.21. The zero-order valence-electron chi connectivity index (χ0n) is 13.7. The van der Waals surface area contributed by atoms with Crippen LogP contribution in [0, 0.1) is 5.82 Å². The van der Waals surface area contributed by atoms with Gasteiger partial charge in [0, 0.05) is 29.4 Å². The van der Waals surface area contributed by atoms with Crippen molar-refractivity contribution in [1.29, 1.82) is 0 Å². The van der Waals surface area contributed by atoms with E-state index in [4.69, 9.17) is 0 Å². The molecule has 26 heavy (non-hydrogen) atoms. The number of halogens is 1. The number of anilines is 1. The number of amides is 2. The molecule has 1 saturated heterocycles. The lowest BCUT2D eigenvalue weighted by Gasteiger charge is -2.15. The first-order valence-corrected chi connectivity index (χ1v) is 9.02. The van der Waals surface area contributed by atoms with Crippen LogP contribution in [0.3, 0.4) is 0 Å². The fraction of sp³-hybridized carbons (Fsp3) is 0.100. The Labute approximate surface area is 154 Å². The lowest BCUT2D eigenvalue weighted by atomic mass is 10.3. The summed E-state index contributed by atoms with van der Waals surface area (Å²) < 4.78 is 15.1. The van der Waals surface area contributed by atoms with Gasteiger partial charge in [-0.15, -0.1) is 11.8 Å². The minimum Gasteiger partial charge on any atom is -0.324 e. The van der Waals surface area contributed by atoms with Crippen molar-refractivity contribution in [3.05, 3.63) is 78.9 Å². The van der Waals surface area contributed by atoms with Gasteiger partial charge in [-0.3, -0.25) is 9.59 Å². The number of aromatic nitrogens is 1. The number of benzene rings is 2. The summed E-state index contributed by atoms with van der Waals surface area (Å²) in [7, 11) is 0. The zero-order valence-corrected chi connectivity index (χ0v) is 14.5. The van der Waals surface area contributed by atoms with E-state index >= 15 is 0 Å². The minimum absolute atomic E-state index is 0.139. The number of thioether (sulfide) groups is 1. The van der Waals surface area contributed by atoms with Crippen molar-refractivity contribution >= 4 is 29.3 Å². The van der Waals surface area contributed by atoms with E-state index in [1.165, 1.54) is 36.0 Å². The smallest absolute Gasteiger partial charge is 0.247 e. The van der Waals surface area contributed by atoms with E-state index in [9.17, 15) is 14.0 Å². The second-order valence-electron chi connectivity index (χ2n) is 5.94. The van der Waals surface area contributed by atoms with E-state index in [0.717, 1.165) is 15.5 Å². The number of hydrogen-bond acceptors (Lipinski definition) is 3. The van der Waals surface area contributed by atoms with Gasteiger partial charge in [0.2, 0.25) is 11.8 Å². The summed E-state index contributed by atoms with van der Waals surface area (Å²) >= 11 is 1.38. The summed E-state index contributed by atoms with van der Waals surface area (Å²) in [4.78, 5) is 27.0. The summed E-state index contributed by atoms with van der Waals surface area (Å²) in [6.07, 6.45) is 4.06. The van der Waals surface area contributed by atoms with Crippen LogP contribution >= 0.6 is 11.8 Å². The molecule has 4 nitrogen and oxygen atoms in total. The lowest BCUT2D eigenvalue weighted by Crippen LogP contribution is -2.31. The first-order chi connectivity index (χ1) is 12.6. The van der Waals surface area contributed by atoms with Gasteiger partial charge in [0.25, 0.3) is 0 Å². The van der Waals surface area contributed by atoms with Crippen LogP contribution in [0.4, 0.5) is 10.1 Å². The molecule has 0 N–H and O–H groups in total. The maximum absolute atomic E-state index is 13.1. The van der Waals surface area contributed by atoms with Crippen LogP contribution in [0.1, 0.15) is 6.42 Å². The Morgan fingerprint density at radius 1 is 0.885 bits per heavy atom. The molecule has 2 amide bonds. The number of imide groups is 1. The van der Waals surface area contributed by atoms with E-state index in [-0.39, 0.29) is 18.2 Å². The Morgan fingerprint density at radius 2 is 1.50 bits per heavy atom. The molecule has 0 aliphatic carbocycles. The van der Waals surface area contributed by atoms with Crippen LogP contribution in [0.5, 0.6) is 0 Å². The zero-order chi connectivity index (χ0) is 18.1. The molecule has 1 aliphatic rings. The maximum atomic E-state index is 13.1. The van der Waals surface area contributed by atoms with Crippen LogP contribution in [0.2, 0.25) is 0 Å². The first-order valence-electron chi connectivity index (χ1n) is 8.14. The molecule has 1 fully saturated rings. The van der Waals surface area contributed by atoms with Gasteiger partial charge in [-0.25, -0.2) is 9.29 Å². The Kier molecular flexibility index (Phi) is 4.34. The van der Waals surface area contributed by atoms with Crippen molar-refractivity contribution in [3.8, 4) is 5.69 Å². The lowest BCUT2D eigenvalue weighted by molar-refractivity contribution is -0.121.